The van der Waals surface area contributed by atoms with Crippen LogP contribution in [0.3, 0.4) is 0 Å². The summed E-state index contributed by atoms with van der Waals surface area (Å²) in [5, 5.41) is 11.7. The van der Waals surface area contributed by atoms with E-state index in [9.17, 15) is 14.9 Å². The van der Waals surface area contributed by atoms with Crippen molar-refractivity contribution in [3.8, 4) is 10.6 Å². The fourth-order valence-electron chi connectivity index (χ4n) is 2.15. The van der Waals surface area contributed by atoms with E-state index in [1.807, 2.05) is 13.8 Å². The van der Waals surface area contributed by atoms with Crippen molar-refractivity contribution in [2.75, 3.05) is 6.61 Å². The Morgan fingerprint density at radius 3 is 2.70 bits per heavy atom. The van der Waals surface area contributed by atoms with Gasteiger partial charge in [0.2, 0.25) is 0 Å². The Labute approximate surface area is 138 Å². The van der Waals surface area contributed by atoms with E-state index in [2.05, 4.69) is 4.98 Å². The first kappa shape index (κ1) is 17.1. The number of ether oxygens (including phenoxy) is 1. The van der Waals surface area contributed by atoms with Crippen LogP contribution in [0.25, 0.3) is 10.6 Å². The molecule has 2 rings (SSSR count). The number of nitrogens with zero attached hydrogens (tertiary/aromatic N) is 2. The van der Waals surface area contributed by atoms with Gasteiger partial charge < -0.3 is 4.74 Å². The number of para-hydroxylation sites is 1. The molecule has 0 aliphatic rings. The first-order valence-corrected chi connectivity index (χ1v) is 8.16. The molecule has 2 aromatic rings. The lowest BCUT2D eigenvalue weighted by molar-refractivity contribution is -0.384. The monoisotopic (exact) mass is 334 g/mol. The van der Waals surface area contributed by atoms with Crippen molar-refractivity contribution in [3.63, 3.8) is 0 Å². The minimum Gasteiger partial charge on any atom is -0.461 e. The summed E-state index contributed by atoms with van der Waals surface area (Å²) in [4.78, 5) is 28.0. The summed E-state index contributed by atoms with van der Waals surface area (Å²) in [6.45, 7) is 6.08. The summed E-state index contributed by atoms with van der Waals surface area (Å²) in [7, 11) is 0. The van der Waals surface area contributed by atoms with E-state index < -0.39 is 10.9 Å². The zero-order valence-corrected chi connectivity index (χ0v) is 14.1. The van der Waals surface area contributed by atoms with E-state index in [4.69, 9.17) is 4.74 Å². The van der Waals surface area contributed by atoms with Crippen LogP contribution in [0, 0.1) is 16.0 Å². The number of carbonyl (C=O) groups excluding carboxylic acids is 1. The molecule has 1 heterocycles. The van der Waals surface area contributed by atoms with Crippen molar-refractivity contribution in [1.29, 1.82) is 0 Å². The van der Waals surface area contributed by atoms with Gasteiger partial charge in [0.25, 0.3) is 5.69 Å². The third-order valence-electron chi connectivity index (χ3n) is 3.09. The van der Waals surface area contributed by atoms with E-state index in [-0.39, 0.29) is 18.0 Å². The minimum absolute atomic E-state index is 0.0206. The molecule has 0 amide bonds. The second-order valence-corrected chi connectivity index (χ2v) is 6.47. The van der Waals surface area contributed by atoms with Crippen LogP contribution >= 0.6 is 11.3 Å². The molecule has 7 heteroatoms. The van der Waals surface area contributed by atoms with Gasteiger partial charge in [-0.3, -0.25) is 10.1 Å². The fourth-order valence-corrected chi connectivity index (χ4v) is 3.44. The normalized spacial score (nSPS) is 10.8. The predicted octanol–water partition coefficient (Wildman–Crippen LogP) is 4.09. The molecule has 6 nitrogen and oxygen atoms in total. The molecule has 0 aliphatic carbocycles. The summed E-state index contributed by atoms with van der Waals surface area (Å²) in [5.41, 5.74) is 0.662. The van der Waals surface area contributed by atoms with Crippen molar-refractivity contribution >= 4 is 23.0 Å². The van der Waals surface area contributed by atoms with E-state index in [1.54, 1.807) is 25.1 Å². The molecule has 0 atom stereocenters. The quantitative estimate of drug-likeness (QED) is 0.451. The second-order valence-electron chi connectivity index (χ2n) is 5.38. The number of hydrogen-bond acceptors (Lipinski definition) is 6. The van der Waals surface area contributed by atoms with Gasteiger partial charge in [0.1, 0.15) is 5.01 Å². The number of carbonyl (C=O) groups is 1. The average molecular weight is 334 g/mol. The Morgan fingerprint density at radius 1 is 1.39 bits per heavy atom. The second kappa shape index (κ2) is 7.32. The largest absolute Gasteiger partial charge is 0.461 e. The molecule has 0 radical (unpaired) electrons. The van der Waals surface area contributed by atoms with Crippen molar-refractivity contribution in [2.24, 2.45) is 5.92 Å². The lowest BCUT2D eigenvalue weighted by Crippen LogP contribution is -2.08. The Morgan fingerprint density at radius 2 is 2.09 bits per heavy atom. The zero-order chi connectivity index (χ0) is 17.0. The molecule has 0 saturated heterocycles. The standard InChI is InChI=1S/C16H18N2O4S/c1-4-22-16(19)14-13(9-10(2)3)23-15(17-14)11-7-5-6-8-12(11)18(20)21/h5-8,10H,4,9H2,1-3H3. The first-order chi connectivity index (χ1) is 10.9. The van der Waals surface area contributed by atoms with Gasteiger partial charge in [0, 0.05) is 10.9 Å². The highest BCUT2D eigenvalue weighted by Crippen LogP contribution is 2.35. The van der Waals surface area contributed by atoms with E-state index in [0.717, 1.165) is 4.88 Å². The molecule has 0 N–H and O–H groups in total. The summed E-state index contributed by atoms with van der Waals surface area (Å²) in [5.74, 6) is -0.147. The van der Waals surface area contributed by atoms with Gasteiger partial charge in [-0.2, -0.15) is 0 Å². The van der Waals surface area contributed by atoms with Crippen LogP contribution in [0.15, 0.2) is 24.3 Å². The molecule has 0 spiro atoms. The molecule has 0 bridgehead atoms. The zero-order valence-electron chi connectivity index (χ0n) is 13.2. The third kappa shape index (κ3) is 3.92. The van der Waals surface area contributed by atoms with Crippen LogP contribution in [0.2, 0.25) is 0 Å². The Bertz CT molecular complexity index is 725. The predicted molar refractivity (Wildman–Crippen MR) is 88.7 cm³/mol. The number of rotatable bonds is 6. The molecule has 23 heavy (non-hydrogen) atoms. The lowest BCUT2D eigenvalue weighted by atomic mass is 10.1. The molecule has 122 valence electrons. The van der Waals surface area contributed by atoms with E-state index in [1.165, 1.54) is 17.4 Å². The highest BCUT2D eigenvalue weighted by molar-refractivity contribution is 7.15. The Balaban J connectivity index is 2.52. The number of esters is 1. The molecule has 0 saturated carbocycles. The highest BCUT2D eigenvalue weighted by atomic mass is 32.1. The van der Waals surface area contributed by atoms with Crippen LogP contribution in [0.5, 0.6) is 0 Å². The molecule has 1 aromatic carbocycles. The summed E-state index contributed by atoms with van der Waals surface area (Å²) in [6.07, 6.45) is 0.673. The van der Waals surface area contributed by atoms with Gasteiger partial charge in [-0.05, 0) is 25.3 Å². The van der Waals surface area contributed by atoms with Crippen LogP contribution in [-0.2, 0) is 11.2 Å². The topological polar surface area (TPSA) is 82.3 Å². The van der Waals surface area contributed by atoms with Crippen LogP contribution in [-0.4, -0.2) is 22.5 Å². The third-order valence-corrected chi connectivity index (χ3v) is 4.20. The molecule has 1 aromatic heterocycles. The van der Waals surface area contributed by atoms with Gasteiger partial charge in [-0.1, -0.05) is 26.0 Å². The maximum absolute atomic E-state index is 12.1. The van der Waals surface area contributed by atoms with Crippen LogP contribution in [0.1, 0.15) is 36.1 Å². The Kier molecular flexibility index (Phi) is 5.44. The average Bonchev–Trinajstić information content (AvgIpc) is 2.90. The maximum Gasteiger partial charge on any atom is 0.358 e. The van der Waals surface area contributed by atoms with Gasteiger partial charge >= 0.3 is 5.97 Å². The van der Waals surface area contributed by atoms with Gasteiger partial charge in [-0.15, -0.1) is 11.3 Å². The molecular weight excluding hydrogens is 316 g/mol. The fraction of sp³-hybridized carbons (Fsp3) is 0.375. The summed E-state index contributed by atoms with van der Waals surface area (Å²) < 4.78 is 5.05. The smallest absolute Gasteiger partial charge is 0.358 e. The van der Waals surface area contributed by atoms with E-state index >= 15 is 0 Å². The minimum atomic E-state index is -0.482. The van der Waals surface area contributed by atoms with Crippen molar-refractivity contribution in [2.45, 2.75) is 27.2 Å². The van der Waals surface area contributed by atoms with Crippen molar-refractivity contribution in [3.05, 3.63) is 45.0 Å². The van der Waals surface area contributed by atoms with E-state index in [0.29, 0.717) is 22.9 Å². The number of aromatic nitrogens is 1. The number of nitro benzene ring substituents is 1. The van der Waals surface area contributed by atoms with Crippen LogP contribution < -0.4 is 0 Å². The Hall–Kier alpha value is -2.28. The van der Waals surface area contributed by atoms with Crippen LogP contribution in [0.4, 0.5) is 5.69 Å². The van der Waals surface area contributed by atoms with Crippen molar-refractivity contribution in [1.82, 2.24) is 4.98 Å². The molecule has 0 unspecified atom stereocenters. The van der Waals surface area contributed by atoms with Gasteiger partial charge in [-0.25, -0.2) is 9.78 Å². The van der Waals surface area contributed by atoms with Gasteiger partial charge in [0.05, 0.1) is 17.1 Å². The number of nitro groups is 1. The van der Waals surface area contributed by atoms with Gasteiger partial charge in [0.15, 0.2) is 5.69 Å². The first-order valence-electron chi connectivity index (χ1n) is 7.34. The SMILES string of the molecule is CCOC(=O)c1nc(-c2ccccc2[N+](=O)[O-])sc1CC(C)C. The highest BCUT2D eigenvalue weighted by Gasteiger charge is 2.24. The number of thiazole rings is 1. The molecule has 0 aliphatic heterocycles. The lowest BCUT2D eigenvalue weighted by Gasteiger charge is -2.04. The maximum atomic E-state index is 12.1. The number of hydrogen-bond donors (Lipinski definition) is 0. The van der Waals surface area contributed by atoms with Crippen molar-refractivity contribution < 1.29 is 14.5 Å². The summed E-state index contributed by atoms with van der Waals surface area (Å²) >= 11 is 1.31. The summed E-state index contributed by atoms with van der Waals surface area (Å²) in [6, 6.07) is 6.40. The molecule has 0 fully saturated rings. The molecular formula is C16H18N2O4S. The number of benzene rings is 1.